The topological polar surface area (TPSA) is 38.8 Å². The van der Waals surface area contributed by atoms with Crippen LogP contribution in [0.15, 0.2) is 18.2 Å². The molecular weight excluding hydrogens is 262 g/mol. The van der Waals surface area contributed by atoms with Crippen LogP contribution in [0.3, 0.4) is 0 Å². The zero-order valence-electron chi connectivity index (χ0n) is 10.9. The van der Waals surface area contributed by atoms with E-state index < -0.39 is 0 Å². The van der Waals surface area contributed by atoms with Crippen LogP contribution in [0.1, 0.15) is 24.2 Å². The molecule has 2 aliphatic heterocycles. The van der Waals surface area contributed by atoms with E-state index in [4.69, 9.17) is 9.47 Å². The number of rotatable bonds is 1. The van der Waals surface area contributed by atoms with Crippen molar-refractivity contribution in [1.82, 2.24) is 4.90 Å². The Labute approximate surface area is 117 Å². The summed E-state index contributed by atoms with van der Waals surface area (Å²) in [5.74, 6) is 2.82. The highest BCUT2D eigenvalue weighted by atomic mass is 32.2. The van der Waals surface area contributed by atoms with E-state index in [-0.39, 0.29) is 5.91 Å². The Balaban J connectivity index is 1.74. The minimum absolute atomic E-state index is 0.173. The second kappa shape index (κ2) is 5.33. The maximum atomic E-state index is 11.4. The minimum atomic E-state index is 0.173. The zero-order chi connectivity index (χ0) is 13.2. The van der Waals surface area contributed by atoms with E-state index in [1.165, 1.54) is 5.56 Å². The molecule has 4 nitrogen and oxygen atoms in total. The van der Waals surface area contributed by atoms with Gasteiger partial charge in [0.2, 0.25) is 12.7 Å². The summed E-state index contributed by atoms with van der Waals surface area (Å²) < 4.78 is 10.8. The van der Waals surface area contributed by atoms with Crippen LogP contribution in [0.4, 0.5) is 0 Å². The van der Waals surface area contributed by atoms with Gasteiger partial charge in [0, 0.05) is 31.0 Å². The molecule has 0 aliphatic carbocycles. The summed E-state index contributed by atoms with van der Waals surface area (Å²) in [6.45, 7) is 3.64. The molecule has 0 saturated carbocycles. The Morgan fingerprint density at radius 3 is 3.00 bits per heavy atom. The lowest BCUT2D eigenvalue weighted by Gasteiger charge is -2.18. The summed E-state index contributed by atoms with van der Waals surface area (Å²) in [7, 11) is 0. The van der Waals surface area contributed by atoms with Gasteiger partial charge in [0.25, 0.3) is 0 Å². The molecule has 0 radical (unpaired) electrons. The van der Waals surface area contributed by atoms with Gasteiger partial charge in [-0.15, -0.1) is 0 Å². The van der Waals surface area contributed by atoms with Gasteiger partial charge in [-0.05, 0) is 24.1 Å². The van der Waals surface area contributed by atoms with Crippen molar-refractivity contribution >= 4 is 17.7 Å². The van der Waals surface area contributed by atoms with E-state index >= 15 is 0 Å². The summed E-state index contributed by atoms with van der Waals surface area (Å²) in [6, 6.07) is 6.16. The van der Waals surface area contributed by atoms with Crippen LogP contribution in [0.5, 0.6) is 11.5 Å². The van der Waals surface area contributed by atoms with E-state index in [2.05, 4.69) is 12.1 Å². The molecule has 0 spiro atoms. The van der Waals surface area contributed by atoms with Crippen LogP contribution in [0.2, 0.25) is 0 Å². The Morgan fingerprint density at radius 2 is 2.16 bits per heavy atom. The van der Waals surface area contributed by atoms with Crippen LogP contribution >= 0.6 is 11.8 Å². The molecule has 3 rings (SSSR count). The van der Waals surface area contributed by atoms with Crippen molar-refractivity contribution in [3.8, 4) is 11.5 Å². The molecule has 2 aliphatic rings. The first kappa shape index (κ1) is 12.7. The Morgan fingerprint density at radius 1 is 1.32 bits per heavy atom. The Bertz CT molecular complexity index is 492. The molecule has 1 amide bonds. The third kappa shape index (κ3) is 2.66. The van der Waals surface area contributed by atoms with E-state index in [0.29, 0.717) is 12.0 Å². The zero-order valence-corrected chi connectivity index (χ0v) is 11.7. The third-order valence-electron chi connectivity index (χ3n) is 3.56. The largest absolute Gasteiger partial charge is 0.454 e. The predicted octanol–water partition coefficient (Wildman–Crippen LogP) is 2.44. The number of hydrogen-bond acceptors (Lipinski definition) is 4. The SMILES string of the molecule is CC(=O)N1CCSC(c2ccc3c(c2)OCO3)CC1. The van der Waals surface area contributed by atoms with Gasteiger partial charge in [0.15, 0.2) is 11.5 Å². The standard InChI is InChI=1S/C14H17NO3S/c1-10(16)15-5-4-14(19-7-6-15)11-2-3-12-13(8-11)18-9-17-12/h2-3,8,14H,4-7,9H2,1H3. The molecule has 0 N–H and O–H groups in total. The second-order valence-corrected chi connectivity index (χ2v) is 6.08. The van der Waals surface area contributed by atoms with E-state index in [9.17, 15) is 4.79 Å². The van der Waals surface area contributed by atoms with Gasteiger partial charge < -0.3 is 14.4 Å². The van der Waals surface area contributed by atoms with Crippen molar-refractivity contribution in [3.05, 3.63) is 23.8 Å². The van der Waals surface area contributed by atoms with Crippen molar-refractivity contribution in [3.63, 3.8) is 0 Å². The Hall–Kier alpha value is -1.36. The summed E-state index contributed by atoms with van der Waals surface area (Å²) in [5.41, 5.74) is 1.26. The molecule has 1 aromatic rings. The summed E-state index contributed by atoms with van der Waals surface area (Å²) in [6.07, 6.45) is 0.990. The highest BCUT2D eigenvalue weighted by Crippen LogP contribution is 2.40. The number of carbonyl (C=O) groups excluding carboxylic acids is 1. The van der Waals surface area contributed by atoms with Gasteiger partial charge in [0.05, 0.1) is 0 Å². The molecule has 1 saturated heterocycles. The van der Waals surface area contributed by atoms with Gasteiger partial charge in [-0.3, -0.25) is 4.79 Å². The van der Waals surface area contributed by atoms with Crippen LogP contribution < -0.4 is 9.47 Å². The number of hydrogen-bond donors (Lipinski definition) is 0. The van der Waals surface area contributed by atoms with Crippen LogP contribution in [-0.4, -0.2) is 36.4 Å². The molecular formula is C14H17NO3S. The molecule has 1 unspecified atom stereocenters. The predicted molar refractivity (Wildman–Crippen MR) is 74.6 cm³/mol. The van der Waals surface area contributed by atoms with Crippen LogP contribution in [0, 0.1) is 0 Å². The fourth-order valence-electron chi connectivity index (χ4n) is 2.46. The lowest BCUT2D eigenvalue weighted by atomic mass is 10.1. The lowest BCUT2D eigenvalue weighted by molar-refractivity contribution is -0.128. The summed E-state index contributed by atoms with van der Waals surface area (Å²) in [5, 5.41) is 0.429. The third-order valence-corrected chi connectivity index (χ3v) is 4.88. The summed E-state index contributed by atoms with van der Waals surface area (Å²) in [4.78, 5) is 13.4. The average molecular weight is 279 g/mol. The monoisotopic (exact) mass is 279 g/mol. The van der Waals surface area contributed by atoms with Gasteiger partial charge >= 0.3 is 0 Å². The molecule has 2 heterocycles. The van der Waals surface area contributed by atoms with Crippen LogP contribution in [0.25, 0.3) is 0 Å². The van der Waals surface area contributed by atoms with E-state index in [0.717, 1.165) is 36.8 Å². The van der Waals surface area contributed by atoms with Gasteiger partial charge in [-0.25, -0.2) is 0 Å². The maximum absolute atomic E-state index is 11.4. The highest BCUT2D eigenvalue weighted by molar-refractivity contribution is 7.99. The van der Waals surface area contributed by atoms with Gasteiger partial charge in [-0.2, -0.15) is 11.8 Å². The average Bonchev–Trinajstić information content (AvgIpc) is 2.72. The normalized spacial score (nSPS) is 22.2. The van der Waals surface area contributed by atoms with Crippen molar-refractivity contribution in [2.75, 3.05) is 25.6 Å². The van der Waals surface area contributed by atoms with Crippen molar-refractivity contribution < 1.29 is 14.3 Å². The Kier molecular flexibility index (Phi) is 3.55. The fourth-order valence-corrected chi connectivity index (χ4v) is 3.69. The molecule has 102 valence electrons. The molecule has 19 heavy (non-hydrogen) atoms. The van der Waals surface area contributed by atoms with Crippen molar-refractivity contribution in [2.24, 2.45) is 0 Å². The second-order valence-electron chi connectivity index (χ2n) is 4.77. The van der Waals surface area contributed by atoms with Crippen molar-refractivity contribution in [1.29, 1.82) is 0 Å². The number of thioether (sulfide) groups is 1. The molecule has 1 fully saturated rings. The quantitative estimate of drug-likeness (QED) is 0.791. The van der Waals surface area contributed by atoms with Gasteiger partial charge in [-0.1, -0.05) is 6.07 Å². The lowest BCUT2D eigenvalue weighted by Crippen LogP contribution is -2.30. The number of benzene rings is 1. The number of nitrogens with zero attached hydrogens (tertiary/aromatic N) is 1. The number of ether oxygens (including phenoxy) is 2. The van der Waals surface area contributed by atoms with E-state index in [1.54, 1.807) is 6.92 Å². The smallest absolute Gasteiger partial charge is 0.231 e. The number of amides is 1. The fraction of sp³-hybridized carbons (Fsp3) is 0.500. The van der Waals surface area contributed by atoms with Gasteiger partial charge in [0.1, 0.15) is 0 Å². The first-order chi connectivity index (χ1) is 9.24. The molecule has 0 aromatic heterocycles. The molecule has 1 aromatic carbocycles. The van der Waals surface area contributed by atoms with Crippen LogP contribution in [-0.2, 0) is 4.79 Å². The highest BCUT2D eigenvalue weighted by Gasteiger charge is 2.22. The first-order valence-electron chi connectivity index (χ1n) is 6.51. The van der Waals surface area contributed by atoms with Crippen molar-refractivity contribution in [2.45, 2.75) is 18.6 Å². The summed E-state index contributed by atoms with van der Waals surface area (Å²) >= 11 is 1.91. The van der Waals surface area contributed by atoms with E-state index in [1.807, 2.05) is 22.7 Å². The molecule has 5 heteroatoms. The number of carbonyl (C=O) groups is 1. The number of fused-ring (bicyclic) bond motifs is 1. The first-order valence-corrected chi connectivity index (χ1v) is 7.55. The molecule has 1 atom stereocenters. The molecule has 0 bridgehead atoms. The maximum Gasteiger partial charge on any atom is 0.231 e. The minimum Gasteiger partial charge on any atom is -0.454 e.